The van der Waals surface area contributed by atoms with Gasteiger partial charge in [0.05, 0.1) is 11.3 Å². The van der Waals surface area contributed by atoms with Crippen LogP contribution in [0.4, 0.5) is 5.69 Å². The first-order valence-corrected chi connectivity index (χ1v) is 10.2. The molecule has 27 heavy (non-hydrogen) atoms. The van der Waals surface area contributed by atoms with E-state index in [0.29, 0.717) is 5.56 Å². The summed E-state index contributed by atoms with van der Waals surface area (Å²) in [5, 5.41) is 1.64. The number of ether oxygens (including phenoxy) is 1. The molecule has 0 aliphatic carbocycles. The molecule has 0 aliphatic heterocycles. The zero-order valence-corrected chi connectivity index (χ0v) is 15.6. The van der Waals surface area contributed by atoms with E-state index in [-0.39, 0.29) is 21.2 Å². The standard InChI is InChI=1S/C19H15NO5S2/c21-17(14-7-2-1-3-8-14)13-25-19(22)15-9-4-5-10-16(15)20-27(23,24)18-11-6-12-26-18/h1-12,20H,13H2. The van der Waals surface area contributed by atoms with Crippen molar-refractivity contribution in [1.82, 2.24) is 0 Å². The number of hydrogen-bond donors (Lipinski definition) is 1. The van der Waals surface area contributed by atoms with Crippen LogP contribution < -0.4 is 4.72 Å². The third-order valence-electron chi connectivity index (χ3n) is 3.58. The lowest BCUT2D eigenvalue weighted by molar-refractivity contribution is 0.0476. The maximum absolute atomic E-state index is 12.4. The number of esters is 1. The molecule has 0 bridgehead atoms. The van der Waals surface area contributed by atoms with Crippen LogP contribution in [0.3, 0.4) is 0 Å². The highest BCUT2D eigenvalue weighted by atomic mass is 32.2. The van der Waals surface area contributed by atoms with E-state index in [9.17, 15) is 18.0 Å². The van der Waals surface area contributed by atoms with Crippen LogP contribution in [0.25, 0.3) is 0 Å². The molecular weight excluding hydrogens is 386 g/mol. The van der Waals surface area contributed by atoms with Crippen LogP contribution >= 0.6 is 11.3 Å². The molecule has 0 spiro atoms. The van der Waals surface area contributed by atoms with Crippen LogP contribution in [0.1, 0.15) is 20.7 Å². The Balaban J connectivity index is 1.73. The van der Waals surface area contributed by atoms with Gasteiger partial charge in [-0.2, -0.15) is 0 Å². The van der Waals surface area contributed by atoms with Crippen molar-refractivity contribution in [2.45, 2.75) is 4.21 Å². The van der Waals surface area contributed by atoms with Gasteiger partial charge in [-0.25, -0.2) is 13.2 Å². The van der Waals surface area contributed by atoms with Crippen LogP contribution in [-0.2, 0) is 14.8 Å². The minimum absolute atomic E-state index is 0.0264. The number of nitrogens with one attached hydrogen (secondary N) is 1. The molecule has 0 unspecified atom stereocenters. The Morgan fingerprint density at radius 1 is 0.926 bits per heavy atom. The summed E-state index contributed by atoms with van der Waals surface area (Å²) in [5.41, 5.74) is 0.540. The number of para-hydroxylation sites is 1. The fraction of sp³-hybridized carbons (Fsp3) is 0.0526. The molecular formula is C19H15NO5S2. The number of carbonyl (C=O) groups excluding carboxylic acids is 2. The highest BCUT2D eigenvalue weighted by molar-refractivity contribution is 7.94. The third-order valence-corrected chi connectivity index (χ3v) is 6.34. The molecule has 6 nitrogen and oxygen atoms in total. The minimum atomic E-state index is -3.81. The van der Waals surface area contributed by atoms with Crippen LogP contribution in [0.2, 0.25) is 0 Å². The Morgan fingerprint density at radius 2 is 1.63 bits per heavy atom. The van der Waals surface area contributed by atoms with Gasteiger partial charge < -0.3 is 4.74 Å². The molecule has 0 aliphatic rings. The number of benzene rings is 2. The highest BCUT2D eigenvalue weighted by Gasteiger charge is 2.20. The number of ketones is 1. The smallest absolute Gasteiger partial charge is 0.340 e. The fourth-order valence-electron chi connectivity index (χ4n) is 2.28. The first kappa shape index (κ1) is 18.8. The summed E-state index contributed by atoms with van der Waals surface area (Å²) in [6, 6.07) is 17.6. The number of rotatable bonds is 7. The van der Waals surface area contributed by atoms with Gasteiger partial charge in [0.25, 0.3) is 10.0 Å². The lowest BCUT2D eigenvalue weighted by Gasteiger charge is -2.11. The quantitative estimate of drug-likeness (QED) is 0.483. The first-order chi connectivity index (χ1) is 13.0. The average Bonchev–Trinajstić information content (AvgIpc) is 3.22. The molecule has 0 saturated carbocycles. The Kier molecular flexibility index (Phi) is 5.68. The second kappa shape index (κ2) is 8.15. The van der Waals surface area contributed by atoms with Gasteiger partial charge >= 0.3 is 5.97 Å². The maximum Gasteiger partial charge on any atom is 0.340 e. The number of Topliss-reactive ketones (excluding diaryl/α,β-unsaturated/α-hetero) is 1. The highest BCUT2D eigenvalue weighted by Crippen LogP contribution is 2.23. The van der Waals surface area contributed by atoms with Gasteiger partial charge in [0, 0.05) is 5.56 Å². The normalized spacial score (nSPS) is 11.0. The Hall–Kier alpha value is -2.97. The predicted octanol–water partition coefficient (Wildman–Crippen LogP) is 3.59. The summed E-state index contributed by atoms with van der Waals surface area (Å²) < 4.78 is 32.3. The van der Waals surface area contributed by atoms with E-state index in [4.69, 9.17) is 4.74 Å². The second-order valence-electron chi connectivity index (χ2n) is 5.45. The molecule has 1 aromatic heterocycles. The van der Waals surface area contributed by atoms with Crippen molar-refractivity contribution in [2.75, 3.05) is 11.3 Å². The molecule has 1 N–H and O–H groups in total. The molecule has 2 aromatic carbocycles. The SMILES string of the molecule is O=C(COC(=O)c1ccccc1NS(=O)(=O)c1cccs1)c1ccccc1. The lowest BCUT2D eigenvalue weighted by Crippen LogP contribution is -2.18. The number of thiophene rings is 1. The van der Waals surface area contributed by atoms with Gasteiger partial charge in [-0.1, -0.05) is 48.5 Å². The van der Waals surface area contributed by atoms with Crippen molar-refractivity contribution >= 4 is 38.8 Å². The molecule has 1 heterocycles. The molecule has 0 radical (unpaired) electrons. The fourth-order valence-corrected chi connectivity index (χ4v) is 4.35. The molecule has 8 heteroatoms. The monoisotopic (exact) mass is 401 g/mol. The van der Waals surface area contributed by atoms with E-state index >= 15 is 0 Å². The lowest BCUT2D eigenvalue weighted by atomic mass is 10.1. The molecule has 138 valence electrons. The Bertz CT molecular complexity index is 1040. The number of carbonyl (C=O) groups is 2. The number of anilines is 1. The van der Waals surface area contributed by atoms with Gasteiger partial charge in [0.2, 0.25) is 0 Å². The molecule has 0 fully saturated rings. The molecule has 3 rings (SSSR count). The summed E-state index contributed by atoms with van der Waals surface area (Å²) in [6.45, 7) is -0.436. The molecule has 0 amide bonds. The first-order valence-electron chi connectivity index (χ1n) is 7.88. The zero-order chi connectivity index (χ0) is 19.3. The van der Waals surface area contributed by atoms with E-state index < -0.39 is 22.6 Å². The summed E-state index contributed by atoms with van der Waals surface area (Å²) in [5.74, 6) is -1.13. The van der Waals surface area contributed by atoms with Crippen molar-refractivity contribution in [3.8, 4) is 0 Å². The summed E-state index contributed by atoms with van der Waals surface area (Å²) in [6.07, 6.45) is 0. The van der Waals surface area contributed by atoms with E-state index in [1.54, 1.807) is 53.9 Å². The second-order valence-corrected chi connectivity index (χ2v) is 8.31. The van der Waals surface area contributed by atoms with Crippen molar-refractivity contribution in [3.05, 3.63) is 83.2 Å². The third kappa shape index (κ3) is 4.60. The summed E-state index contributed by atoms with van der Waals surface area (Å²) in [7, 11) is -3.81. The molecule has 0 atom stereocenters. The van der Waals surface area contributed by atoms with Gasteiger partial charge in [0.15, 0.2) is 12.4 Å². The largest absolute Gasteiger partial charge is 0.454 e. The number of hydrogen-bond acceptors (Lipinski definition) is 6. The summed E-state index contributed by atoms with van der Waals surface area (Å²) >= 11 is 1.06. The van der Waals surface area contributed by atoms with E-state index in [2.05, 4.69) is 4.72 Å². The van der Waals surface area contributed by atoms with Crippen molar-refractivity contribution in [2.24, 2.45) is 0 Å². The predicted molar refractivity (Wildman–Crippen MR) is 103 cm³/mol. The Labute approximate surface area is 160 Å². The van der Waals surface area contributed by atoms with Crippen LogP contribution in [0.15, 0.2) is 76.3 Å². The van der Waals surface area contributed by atoms with Crippen LogP contribution in [-0.4, -0.2) is 26.8 Å². The number of sulfonamides is 1. The van der Waals surface area contributed by atoms with Crippen LogP contribution in [0, 0.1) is 0 Å². The zero-order valence-electron chi connectivity index (χ0n) is 14.0. The van der Waals surface area contributed by atoms with Gasteiger partial charge in [-0.15, -0.1) is 11.3 Å². The molecule has 0 saturated heterocycles. The van der Waals surface area contributed by atoms with Crippen molar-refractivity contribution < 1.29 is 22.7 Å². The maximum atomic E-state index is 12.4. The summed E-state index contributed by atoms with van der Waals surface area (Å²) in [4.78, 5) is 24.4. The van der Waals surface area contributed by atoms with Gasteiger partial charge in [0.1, 0.15) is 4.21 Å². The van der Waals surface area contributed by atoms with Gasteiger partial charge in [-0.05, 0) is 23.6 Å². The van der Waals surface area contributed by atoms with E-state index in [0.717, 1.165) is 11.3 Å². The van der Waals surface area contributed by atoms with Gasteiger partial charge in [-0.3, -0.25) is 9.52 Å². The van der Waals surface area contributed by atoms with E-state index in [1.165, 1.54) is 18.2 Å². The topological polar surface area (TPSA) is 89.5 Å². The van der Waals surface area contributed by atoms with Crippen LogP contribution in [0.5, 0.6) is 0 Å². The van der Waals surface area contributed by atoms with Crippen molar-refractivity contribution in [3.63, 3.8) is 0 Å². The Morgan fingerprint density at radius 3 is 2.33 bits per heavy atom. The minimum Gasteiger partial charge on any atom is -0.454 e. The van der Waals surface area contributed by atoms with E-state index in [1.807, 2.05) is 0 Å². The van der Waals surface area contributed by atoms with Crippen molar-refractivity contribution in [1.29, 1.82) is 0 Å². The average molecular weight is 401 g/mol. The molecule has 3 aromatic rings.